The number of nitrogens with one attached hydrogen (secondary N) is 1. The summed E-state index contributed by atoms with van der Waals surface area (Å²) in [4.78, 5) is 15.8. The summed E-state index contributed by atoms with van der Waals surface area (Å²) in [5, 5.41) is 3.01. The zero-order valence-electron chi connectivity index (χ0n) is 9.73. The Labute approximate surface area is 101 Å². The molecule has 2 rings (SSSR count). The van der Waals surface area contributed by atoms with Crippen molar-refractivity contribution in [3.05, 3.63) is 23.9 Å². The number of nitrogens with two attached hydrogens (primary N) is 2. The van der Waals surface area contributed by atoms with Gasteiger partial charge in [-0.25, -0.2) is 4.98 Å². The quantitative estimate of drug-likeness (QED) is 0.700. The van der Waals surface area contributed by atoms with E-state index in [0.717, 1.165) is 25.7 Å². The Kier molecular flexibility index (Phi) is 3.58. The van der Waals surface area contributed by atoms with Gasteiger partial charge in [0.15, 0.2) is 0 Å². The van der Waals surface area contributed by atoms with Gasteiger partial charge in [-0.3, -0.25) is 4.79 Å². The van der Waals surface area contributed by atoms with Crippen molar-refractivity contribution in [2.45, 2.75) is 37.8 Å². The number of rotatable bonds is 2. The SMILES string of the molecule is Nc1cc(C(=O)N[C@H]2CC[C@H](N)CC2)ccn1. The van der Waals surface area contributed by atoms with Crippen LogP contribution >= 0.6 is 0 Å². The molecule has 1 heterocycles. The molecular formula is C12H18N4O. The first-order valence-corrected chi connectivity index (χ1v) is 5.93. The van der Waals surface area contributed by atoms with E-state index in [9.17, 15) is 4.79 Å². The number of carbonyl (C=O) groups excluding carboxylic acids is 1. The summed E-state index contributed by atoms with van der Waals surface area (Å²) in [6.07, 6.45) is 5.40. The maximum absolute atomic E-state index is 11.9. The number of hydrogen-bond donors (Lipinski definition) is 3. The third-order valence-corrected chi connectivity index (χ3v) is 3.15. The number of hydrogen-bond acceptors (Lipinski definition) is 4. The zero-order chi connectivity index (χ0) is 12.3. The summed E-state index contributed by atoms with van der Waals surface area (Å²) in [7, 11) is 0. The van der Waals surface area contributed by atoms with E-state index in [-0.39, 0.29) is 11.9 Å². The molecule has 1 saturated carbocycles. The maximum Gasteiger partial charge on any atom is 0.251 e. The molecule has 0 spiro atoms. The molecular weight excluding hydrogens is 216 g/mol. The van der Waals surface area contributed by atoms with Gasteiger partial charge in [-0.15, -0.1) is 0 Å². The van der Waals surface area contributed by atoms with Crippen LogP contribution in [-0.2, 0) is 0 Å². The van der Waals surface area contributed by atoms with E-state index in [1.807, 2.05) is 0 Å². The van der Waals surface area contributed by atoms with Crippen molar-refractivity contribution in [1.82, 2.24) is 10.3 Å². The number of aromatic nitrogens is 1. The van der Waals surface area contributed by atoms with Crippen LogP contribution in [0.5, 0.6) is 0 Å². The van der Waals surface area contributed by atoms with E-state index >= 15 is 0 Å². The van der Waals surface area contributed by atoms with Crippen LogP contribution in [0.4, 0.5) is 5.82 Å². The molecule has 1 amide bonds. The lowest BCUT2D eigenvalue weighted by atomic mass is 9.91. The standard InChI is InChI=1S/C12H18N4O/c13-9-1-3-10(4-2-9)16-12(17)8-5-6-15-11(14)7-8/h5-7,9-10H,1-4,13H2,(H2,14,15)(H,16,17)/t9-,10-. The average Bonchev–Trinajstić information content (AvgIpc) is 2.32. The van der Waals surface area contributed by atoms with Crippen LogP contribution in [0.3, 0.4) is 0 Å². The maximum atomic E-state index is 11.9. The first-order chi connectivity index (χ1) is 8.15. The Hall–Kier alpha value is -1.62. The van der Waals surface area contributed by atoms with E-state index in [4.69, 9.17) is 11.5 Å². The lowest BCUT2D eigenvalue weighted by Crippen LogP contribution is -2.40. The topological polar surface area (TPSA) is 94.0 Å². The van der Waals surface area contributed by atoms with Crippen LogP contribution in [0.1, 0.15) is 36.0 Å². The molecule has 1 aliphatic carbocycles. The Morgan fingerprint density at radius 1 is 1.35 bits per heavy atom. The third kappa shape index (κ3) is 3.17. The van der Waals surface area contributed by atoms with E-state index in [2.05, 4.69) is 10.3 Å². The Balaban J connectivity index is 1.93. The van der Waals surface area contributed by atoms with Gasteiger partial charge in [0.2, 0.25) is 0 Å². The highest BCUT2D eigenvalue weighted by atomic mass is 16.1. The van der Waals surface area contributed by atoms with Gasteiger partial charge in [0.25, 0.3) is 5.91 Å². The van der Waals surface area contributed by atoms with Gasteiger partial charge in [-0.1, -0.05) is 0 Å². The fourth-order valence-electron chi connectivity index (χ4n) is 2.12. The molecule has 92 valence electrons. The number of amides is 1. The average molecular weight is 234 g/mol. The fourth-order valence-corrected chi connectivity index (χ4v) is 2.12. The monoisotopic (exact) mass is 234 g/mol. The molecule has 5 N–H and O–H groups in total. The van der Waals surface area contributed by atoms with Gasteiger partial charge in [-0.2, -0.15) is 0 Å². The second kappa shape index (κ2) is 5.14. The highest BCUT2D eigenvalue weighted by Gasteiger charge is 2.20. The van der Waals surface area contributed by atoms with E-state index in [1.54, 1.807) is 18.3 Å². The number of nitrogen functional groups attached to an aromatic ring is 1. The van der Waals surface area contributed by atoms with Crippen molar-refractivity contribution in [1.29, 1.82) is 0 Å². The summed E-state index contributed by atoms with van der Waals surface area (Å²) in [6, 6.07) is 3.78. The van der Waals surface area contributed by atoms with Crippen LogP contribution in [-0.4, -0.2) is 23.0 Å². The molecule has 0 aliphatic heterocycles. The minimum atomic E-state index is -0.0837. The van der Waals surface area contributed by atoms with Crippen molar-refractivity contribution in [3.63, 3.8) is 0 Å². The molecule has 0 saturated heterocycles. The lowest BCUT2D eigenvalue weighted by Gasteiger charge is -2.26. The third-order valence-electron chi connectivity index (χ3n) is 3.15. The number of nitrogens with zero attached hydrogens (tertiary/aromatic N) is 1. The highest BCUT2D eigenvalue weighted by Crippen LogP contribution is 2.17. The number of anilines is 1. The molecule has 1 fully saturated rings. The lowest BCUT2D eigenvalue weighted by molar-refractivity contribution is 0.0926. The summed E-state index contributed by atoms with van der Waals surface area (Å²) in [5.41, 5.74) is 11.9. The molecule has 0 aromatic carbocycles. The molecule has 0 bridgehead atoms. The van der Waals surface area contributed by atoms with Gasteiger partial charge >= 0.3 is 0 Å². The molecule has 0 unspecified atom stereocenters. The van der Waals surface area contributed by atoms with Gasteiger partial charge in [0.05, 0.1) is 0 Å². The predicted octanol–water partition coefficient (Wildman–Crippen LogP) is 0.663. The van der Waals surface area contributed by atoms with E-state index in [1.165, 1.54) is 0 Å². The second-order valence-corrected chi connectivity index (χ2v) is 4.55. The first kappa shape index (κ1) is 11.9. The van der Waals surface area contributed by atoms with E-state index in [0.29, 0.717) is 17.4 Å². The normalized spacial score (nSPS) is 24.3. The van der Waals surface area contributed by atoms with Crippen molar-refractivity contribution >= 4 is 11.7 Å². The Morgan fingerprint density at radius 3 is 2.71 bits per heavy atom. The Morgan fingerprint density at radius 2 is 2.06 bits per heavy atom. The summed E-state index contributed by atoms with van der Waals surface area (Å²) in [5.74, 6) is 0.280. The van der Waals surface area contributed by atoms with Gasteiger partial charge in [-0.05, 0) is 37.8 Å². The van der Waals surface area contributed by atoms with E-state index < -0.39 is 0 Å². The van der Waals surface area contributed by atoms with Gasteiger partial charge in [0, 0.05) is 23.8 Å². The molecule has 1 aromatic heterocycles. The number of pyridine rings is 1. The Bertz CT molecular complexity index is 399. The largest absolute Gasteiger partial charge is 0.384 e. The minimum absolute atomic E-state index is 0.0837. The molecule has 5 heteroatoms. The molecule has 1 aliphatic rings. The van der Waals surface area contributed by atoms with Gasteiger partial charge < -0.3 is 16.8 Å². The molecule has 0 radical (unpaired) electrons. The molecule has 17 heavy (non-hydrogen) atoms. The van der Waals surface area contributed by atoms with Crippen LogP contribution in [0.15, 0.2) is 18.3 Å². The van der Waals surface area contributed by atoms with Crippen molar-refractivity contribution in [2.75, 3.05) is 5.73 Å². The van der Waals surface area contributed by atoms with Crippen molar-refractivity contribution < 1.29 is 4.79 Å². The van der Waals surface area contributed by atoms with Gasteiger partial charge in [0.1, 0.15) is 5.82 Å². The first-order valence-electron chi connectivity index (χ1n) is 5.93. The summed E-state index contributed by atoms with van der Waals surface area (Å²) >= 11 is 0. The number of carbonyl (C=O) groups is 1. The fraction of sp³-hybridized carbons (Fsp3) is 0.500. The van der Waals surface area contributed by atoms with Crippen LogP contribution in [0.2, 0.25) is 0 Å². The zero-order valence-corrected chi connectivity index (χ0v) is 9.73. The summed E-state index contributed by atoms with van der Waals surface area (Å²) < 4.78 is 0. The molecule has 0 atom stereocenters. The van der Waals surface area contributed by atoms with Crippen LogP contribution in [0, 0.1) is 0 Å². The molecule has 5 nitrogen and oxygen atoms in total. The second-order valence-electron chi connectivity index (χ2n) is 4.55. The smallest absolute Gasteiger partial charge is 0.251 e. The van der Waals surface area contributed by atoms with Crippen LogP contribution < -0.4 is 16.8 Å². The van der Waals surface area contributed by atoms with Crippen molar-refractivity contribution in [2.24, 2.45) is 5.73 Å². The van der Waals surface area contributed by atoms with Crippen molar-refractivity contribution in [3.8, 4) is 0 Å². The van der Waals surface area contributed by atoms with Crippen LogP contribution in [0.25, 0.3) is 0 Å². The summed E-state index contributed by atoms with van der Waals surface area (Å²) in [6.45, 7) is 0. The highest BCUT2D eigenvalue weighted by molar-refractivity contribution is 5.94. The predicted molar refractivity (Wildman–Crippen MR) is 66.3 cm³/mol. The molecule has 1 aromatic rings. The minimum Gasteiger partial charge on any atom is -0.384 e.